The maximum atomic E-state index is 12.0. The maximum Gasteiger partial charge on any atom is 0.335 e. The predicted octanol–water partition coefficient (Wildman–Crippen LogP) is 1.90. The zero-order valence-corrected chi connectivity index (χ0v) is 12.3. The Labute approximate surface area is 123 Å². The minimum atomic E-state index is -0.981. The fourth-order valence-corrected chi connectivity index (χ4v) is 2.11. The molecule has 1 heterocycles. The Morgan fingerprint density at radius 1 is 1.47 bits per heavy atom. The summed E-state index contributed by atoms with van der Waals surface area (Å²) < 4.78 is 2.05. The second kappa shape index (κ2) is 5.52. The lowest BCUT2D eigenvalue weighted by molar-refractivity contribution is 0.0696. The van der Waals surface area contributed by atoms with Crippen molar-refractivity contribution in [1.82, 2.24) is 9.55 Å². The molecular weight excluding hydrogens is 359 g/mol. The summed E-state index contributed by atoms with van der Waals surface area (Å²) in [4.78, 5) is 27.0. The SMILES string of the molecule is Cc1ncn(Cc2cccc(C(=O)O)c2)c(=O)c1I. The molecule has 98 valence electrons. The molecule has 1 aromatic carbocycles. The van der Waals surface area contributed by atoms with E-state index in [1.54, 1.807) is 25.1 Å². The summed E-state index contributed by atoms with van der Waals surface area (Å²) in [7, 11) is 0. The molecule has 19 heavy (non-hydrogen) atoms. The second-order valence-electron chi connectivity index (χ2n) is 4.08. The highest BCUT2D eigenvalue weighted by atomic mass is 127. The van der Waals surface area contributed by atoms with Crippen LogP contribution >= 0.6 is 22.6 Å². The minimum absolute atomic E-state index is 0.117. The normalized spacial score (nSPS) is 10.4. The molecule has 2 rings (SSSR count). The van der Waals surface area contributed by atoms with Gasteiger partial charge < -0.3 is 5.11 Å². The van der Waals surface area contributed by atoms with Crippen LogP contribution in [0.5, 0.6) is 0 Å². The molecule has 0 bridgehead atoms. The van der Waals surface area contributed by atoms with E-state index in [0.29, 0.717) is 15.8 Å². The topological polar surface area (TPSA) is 72.2 Å². The fourth-order valence-electron chi connectivity index (χ4n) is 1.66. The van der Waals surface area contributed by atoms with Gasteiger partial charge in [0.15, 0.2) is 0 Å². The van der Waals surface area contributed by atoms with Crippen LogP contribution in [0.2, 0.25) is 0 Å². The van der Waals surface area contributed by atoms with Gasteiger partial charge in [-0.3, -0.25) is 9.36 Å². The molecule has 2 aromatic rings. The number of aromatic nitrogens is 2. The quantitative estimate of drug-likeness (QED) is 0.838. The number of halogens is 1. The molecule has 0 saturated heterocycles. The lowest BCUT2D eigenvalue weighted by Gasteiger charge is -2.07. The maximum absolute atomic E-state index is 12.0. The highest BCUT2D eigenvalue weighted by molar-refractivity contribution is 14.1. The standard InChI is InChI=1S/C13H11IN2O3/c1-8-11(14)12(17)16(7-15-8)6-9-3-2-4-10(5-9)13(18)19/h2-5,7H,6H2,1H3,(H,18,19). The Bertz CT molecular complexity index is 695. The first-order chi connectivity index (χ1) is 8.99. The summed E-state index contributed by atoms with van der Waals surface area (Å²) in [5.41, 5.74) is 1.54. The molecule has 0 spiro atoms. The Morgan fingerprint density at radius 3 is 2.89 bits per heavy atom. The van der Waals surface area contributed by atoms with Crippen LogP contribution in [-0.4, -0.2) is 20.6 Å². The van der Waals surface area contributed by atoms with Crippen LogP contribution in [0.1, 0.15) is 21.6 Å². The van der Waals surface area contributed by atoms with E-state index in [1.165, 1.54) is 17.0 Å². The Hall–Kier alpha value is -1.70. The molecule has 6 heteroatoms. The molecule has 1 N–H and O–H groups in total. The molecule has 0 fully saturated rings. The van der Waals surface area contributed by atoms with Crippen molar-refractivity contribution < 1.29 is 9.90 Å². The van der Waals surface area contributed by atoms with Crippen LogP contribution in [0.15, 0.2) is 35.4 Å². The van der Waals surface area contributed by atoms with Gasteiger partial charge in [0, 0.05) is 0 Å². The molecule has 0 aliphatic carbocycles. The lowest BCUT2D eigenvalue weighted by atomic mass is 10.1. The van der Waals surface area contributed by atoms with Gasteiger partial charge in [0.05, 0.1) is 27.7 Å². The van der Waals surface area contributed by atoms with Gasteiger partial charge in [0.1, 0.15) is 0 Å². The summed E-state index contributed by atoms with van der Waals surface area (Å²) in [6.45, 7) is 2.09. The number of carboxylic acids is 1. The third kappa shape index (κ3) is 3.01. The van der Waals surface area contributed by atoms with Crippen molar-refractivity contribution in [2.24, 2.45) is 0 Å². The first kappa shape index (κ1) is 13.7. The molecule has 0 aliphatic heterocycles. The minimum Gasteiger partial charge on any atom is -0.478 e. The van der Waals surface area contributed by atoms with Gasteiger partial charge >= 0.3 is 5.97 Å². The zero-order chi connectivity index (χ0) is 14.0. The molecular formula is C13H11IN2O3. The van der Waals surface area contributed by atoms with E-state index in [9.17, 15) is 9.59 Å². The first-order valence-corrected chi connectivity index (χ1v) is 6.60. The largest absolute Gasteiger partial charge is 0.478 e. The van der Waals surface area contributed by atoms with Gasteiger partial charge in [-0.1, -0.05) is 12.1 Å². The van der Waals surface area contributed by atoms with E-state index >= 15 is 0 Å². The zero-order valence-electron chi connectivity index (χ0n) is 10.1. The van der Waals surface area contributed by atoms with Crippen molar-refractivity contribution in [2.75, 3.05) is 0 Å². The number of carboxylic acid groups (broad SMARTS) is 1. The summed E-state index contributed by atoms with van der Waals surface area (Å²) >= 11 is 1.96. The lowest BCUT2D eigenvalue weighted by Crippen LogP contribution is -2.24. The van der Waals surface area contributed by atoms with E-state index in [0.717, 1.165) is 5.56 Å². The van der Waals surface area contributed by atoms with E-state index in [4.69, 9.17) is 5.11 Å². The third-order valence-electron chi connectivity index (χ3n) is 2.68. The molecule has 5 nitrogen and oxygen atoms in total. The highest BCUT2D eigenvalue weighted by Gasteiger charge is 2.07. The number of benzene rings is 1. The average Bonchev–Trinajstić information content (AvgIpc) is 2.40. The fraction of sp³-hybridized carbons (Fsp3) is 0.154. The molecule has 0 amide bonds. The van der Waals surface area contributed by atoms with Gasteiger partial charge in [-0.25, -0.2) is 9.78 Å². The number of hydrogen-bond donors (Lipinski definition) is 1. The highest BCUT2D eigenvalue weighted by Crippen LogP contribution is 2.08. The number of aryl methyl sites for hydroxylation is 1. The van der Waals surface area contributed by atoms with Crippen LogP contribution in [-0.2, 0) is 6.54 Å². The number of hydrogen-bond acceptors (Lipinski definition) is 3. The molecule has 0 saturated carbocycles. The summed E-state index contributed by atoms with van der Waals surface area (Å²) in [5.74, 6) is -0.981. The smallest absolute Gasteiger partial charge is 0.335 e. The van der Waals surface area contributed by atoms with E-state index in [-0.39, 0.29) is 11.1 Å². The second-order valence-corrected chi connectivity index (χ2v) is 5.16. The Morgan fingerprint density at radius 2 is 2.21 bits per heavy atom. The van der Waals surface area contributed by atoms with Crippen LogP contribution in [0.4, 0.5) is 0 Å². The molecule has 0 aliphatic rings. The number of aromatic carboxylic acids is 1. The third-order valence-corrected chi connectivity index (χ3v) is 3.93. The monoisotopic (exact) mass is 370 g/mol. The summed E-state index contributed by atoms with van der Waals surface area (Å²) in [6.07, 6.45) is 1.48. The average molecular weight is 370 g/mol. The van der Waals surface area contributed by atoms with Crippen molar-refractivity contribution in [3.05, 3.63) is 61.3 Å². The van der Waals surface area contributed by atoms with Gasteiger partial charge in [-0.15, -0.1) is 0 Å². The molecule has 1 aromatic heterocycles. The van der Waals surface area contributed by atoms with Gasteiger partial charge in [0.25, 0.3) is 5.56 Å². The van der Waals surface area contributed by atoms with Crippen LogP contribution in [0.25, 0.3) is 0 Å². The van der Waals surface area contributed by atoms with Crippen LogP contribution < -0.4 is 5.56 Å². The van der Waals surface area contributed by atoms with Gasteiger partial charge in [0.2, 0.25) is 0 Å². The molecule has 0 unspecified atom stereocenters. The van der Waals surface area contributed by atoms with E-state index in [2.05, 4.69) is 4.98 Å². The molecule has 0 radical (unpaired) electrons. The summed E-state index contributed by atoms with van der Waals surface area (Å²) in [5, 5.41) is 8.93. The van der Waals surface area contributed by atoms with E-state index in [1.807, 2.05) is 22.6 Å². The van der Waals surface area contributed by atoms with Crippen molar-refractivity contribution >= 4 is 28.6 Å². The van der Waals surface area contributed by atoms with Crippen molar-refractivity contribution in [1.29, 1.82) is 0 Å². The van der Waals surface area contributed by atoms with Gasteiger partial charge in [-0.05, 0) is 47.2 Å². The van der Waals surface area contributed by atoms with Crippen molar-refractivity contribution in [3.63, 3.8) is 0 Å². The Balaban J connectivity index is 2.37. The predicted molar refractivity (Wildman–Crippen MR) is 78.5 cm³/mol. The number of nitrogens with zero attached hydrogens (tertiary/aromatic N) is 2. The van der Waals surface area contributed by atoms with Crippen molar-refractivity contribution in [3.8, 4) is 0 Å². The molecule has 0 atom stereocenters. The van der Waals surface area contributed by atoms with Crippen LogP contribution in [0, 0.1) is 10.5 Å². The first-order valence-electron chi connectivity index (χ1n) is 5.53. The number of rotatable bonds is 3. The van der Waals surface area contributed by atoms with E-state index < -0.39 is 5.97 Å². The Kier molecular flexibility index (Phi) is 3.98. The van der Waals surface area contributed by atoms with Crippen LogP contribution in [0.3, 0.4) is 0 Å². The van der Waals surface area contributed by atoms with Crippen molar-refractivity contribution in [2.45, 2.75) is 13.5 Å². The van der Waals surface area contributed by atoms with Gasteiger partial charge in [-0.2, -0.15) is 0 Å². The number of carbonyl (C=O) groups is 1. The summed E-state index contributed by atoms with van der Waals surface area (Å²) in [6, 6.07) is 6.52.